The molecule has 56 heteroatoms. The molecule has 24 nitrogen and oxygen atoms in total. The number of rotatable bonds is 23. The fourth-order valence-electron chi connectivity index (χ4n) is 9.00. The van der Waals surface area contributed by atoms with Gasteiger partial charge in [0, 0.05) is 0 Å². The lowest BCUT2D eigenvalue weighted by Gasteiger charge is -2.23. The number of alkyl halides is 24. The lowest BCUT2D eigenvalue weighted by Crippen LogP contribution is -2.28. The molecule has 0 heterocycles. The van der Waals surface area contributed by atoms with Gasteiger partial charge in [-0.3, -0.25) is 0 Å². The molecule has 0 unspecified atom stereocenters. The Bertz CT molecular complexity index is 5640. The molecule has 0 saturated heterocycles. The van der Waals surface area contributed by atoms with Crippen LogP contribution in [-0.2, 0) is 80.9 Å². The summed E-state index contributed by atoms with van der Waals surface area (Å²) in [5.74, 6) is -12.9. The summed E-state index contributed by atoms with van der Waals surface area (Å²) in [5, 5.41) is 0. The summed E-state index contributed by atoms with van der Waals surface area (Å²) in [6.07, 6.45) is 0. The van der Waals surface area contributed by atoms with E-state index < -0.39 is 249 Å². The molecular formula is C56H26F24O24S8. The Morgan fingerprint density at radius 1 is 0.152 bits per heavy atom. The summed E-state index contributed by atoms with van der Waals surface area (Å²) in [4.78, 5) is 0. The monoisotopic (exact) mass is 1790 g/mol. The molecule has 0 radical (unpaired) electrons. The van der Waals surface area contributed by atoms with E-state index in [1.165, 1.54) is 0 Å². The van der Waals surface area contributed by atoms with E-state index in [0.29, 0.717) is 60.7 Å². The minimum atomic E-state index is -7.15. The first-order valence-corrected chi connectivity index (χ1v) is 38.9. The lowest BCUT2D eigenvalue weighted by molar-refractivity contribution is -0.0504. The van der Waals surface area contributed by atoms with Gasteiger partial charge in [-0.05, 0) is 199 Å². The molecular weight excluding hydrogens is 1770 g/mol. The smallest absolute Gasteiger partial charge is 0.376 e. The van der Waals surface area contributed by atoms with Gasteiger partial charge < -0.3 is 33.5 Å². The molecule has 0 bridgehead atoms. The quantitative estimate of drug-likeness (QED) is 0.0326. The number of hydrogen-bond donors (Lipinski definition) is 0. The van der Waals surface area contributed by atoms with Crippen molar-refractivity contribution in [3.05, 3.63) is 158 Å². The third kappa shape index (κ3) is 18.9. The van der Waals surface area contributed by atoms with Crippen LogP contribution in [0.1, 0.15) is 0 Å². The molecule has 0 spiro atoms. The Labute approximate surface area is 609 Å². The minimum Gasteiger partial charge on any atom is -0.376 e. The van der Waals surface area contributed by atoms with Gasteiger partial charge in [0.2, 0.25) is 0 Å². The predicted molar refractivity (Wildman–Crippen MR) is 329 cm³/mol. The van der Waals surface area contributed by atoms with Gasteiger partial charge in [0.1, 0.15) is 46.0 Å². The molecule has 0 amide bonds. The summed E-state index contributed by atoms with van der Waals surface area (Å²) in [6, 6.07) is 6.18. The van der Waals surface area contributed by atoms with Crippen LogP contribution in [0.2, 0.25) is 0 Å². The van der Waals surface area contributed by atoms with Crippen LogP contribution in [0.3, 0.4) is 0 Å². The molecule has 8 aromatic carbocycles. The summed E-state index contributed by atoms with van der Waals surface area (Å²) in [7, 11) is -55.6. The van der Waals surface area contributed by atoms with E-state index in [0.717, 1.165) is 0 Å². The maximum absolute atomic E-state index is 14.3. The van der Waals surface area contributed by atoms with Crippen LogP contribution in [0.4, 0.5) is 105 Å². The fourth-order valence-corrected chi connectivity index (χ4v) is 12.6. The first-order valence-electron chi connectivity index (χ1n) is 27.6. The van der Waals surface area contributed by atoms with Gasteiger partial charge in [-0.2, -0.15) is 173 Å². The second-order valence-corrected chi connectivity index (χ2v) is 33.5. The molecule has 0 aliphatic carbocycles. The van der Waals surface area contributed by atoms with E-state index >= 15 is 0 Å². The molecule has 0 aliphatic rings. The van der Waals surface area contributed by atoms with Gasteiger partial charge in [-0.1, -0.05) is 36.4 Å². The average Bonchev–Trinajstić information content (AvgIpc) is 0.742. The minimum absolute atomic E-state index is 0.0286. The highest BCUT2D eigenvalue weighted by Gasteiger charge is 2.54. The Hall–Kier alpha value is -9.92. The average molecular weight is 1800 g/mol. The van der Waals surface area contributed by atoms with Crippen LogP contribution in [0.25, 0.3) is 77.9 Å². The highest BCUT2D eigenvalue weighted by atomic mass is 32.3. The zero-order valence-corrected chi connectivity index (χ0v) is 58.7. The van der Waals surface area contributed by atoms with Crippen LogP contribution in [0.15, 0.2) is 158 Å². The van der Waals surface area contributed by atoms with Crippen LogP contribution in [0, 0.1) is 0 Å². The highest BCUT2D eigenvalue weighted by Crippen LogP contribution is 2.52. The van der Waals surface area contributed by atoms with Crippen LogP contribution in [-0.4, -0.2) is 111 Å². The Morgan fingerprint density at radius 3 is 0.411 bits per heavy atom. The maximum atomic E-state index is 14.3. The van der Waals surface area contributed by atoms with Gasteiger partial charge in [0.05, 0.1) is 0 Å². The summed E-state index contributed by atoms with van der Waals surface area (Å²) < 4.78 is 568. The molecule has 112 heavy (non-hydrogen) atoms. The molecule has 0 fully saturated rings. The SMILES string of the molecule is O=S(=O)(Oc1ccc(-c2ccc(OS(=O)(=O)C(F)(F)F)cc2-c2cc(OS(=O)(=O)C(F)(F)F)ccc2-c2ccc(OS(=O)(=O)C(F)(F)F)cc2-c2cc(OS(=O)(=O)C(F)(F)F)ccc2-c2ccc(OS(=O)(=O)C(F)(F)F)cc2-c2cc(OS(=O)(=O)C(F)(F)F)ccc2-c2ccc(OS(=O)(=O)C(F)(F)F)cc2)cc1)C(F)(F)F. The molecule has 8 rings (SSSR count). The van der Waals surface area contributed by atoms with E-state index in [1.54, 1.807) is 0 Å². The van der Waals surface area contributed by atoms with Crippen molar-refractivity contribution >= 4 is 80.9 Å². The molecule has 0 aromatic heterocycles. The number of benzene rings is 8. The van der Waals surface area contributed by atoms with Crippen molar-refractivity contribution in [1.29, 1.82) is 0 Å². The molecule has 0 saturated carbocycles. The van der Waals surface area contributed by atoms with Crippen molar-refractivity contribution in [1.82, 2.24) is 0 Å². The van der Waals surface area contributed by atoms with Gasteiger partial charge in [-0.25, -0.2) is 0 Å². The van der Waals surface area contributed by atoms with E-state index in [9.17, 15) is 173 Å². The highest BCUT2D eigenvalue weighted by molar-refractivity contribution is 7.89. The molecule has 0 N–H and O–H groups in total. The van der Waals surface area contributed by atoms with E-state index in [1.807, 2.05) is 0 Å². The van der Waals surface area contributed by atoms with Crippen molar-refractivity contribution in [2.24, 2.45) is 0 Å². The fraction of sp³-hybridized carbons (Fsp3) is 0.143. The summed E-state index contributed by atoms with van der Waals surface area (Å²) in [6.45, 7) is 0. The van der Waals surface area contributed by atoms with Crippen molar-refractivity contribution in [3.63, 3.8) is 0 Å². The zero-order chi connectivity index (χ0) is 84.7. The Morgan fingerprint density at radius 2 is 0.268 bits per heavy atom. The van der Waals surface area contributed by atoms with Crippen LogP contribution < -0.4 is 33.5 Å². The molecule has 8 aromatic rings. The standard InChI is InChI=1S/C56H26F24O24S8/c57-49(58,59)105(81,82)97-29-5-1-27(2-6-29)37-15-9-31(99-107(85,86)51(63,64)65)21-43(37)45-23-33(101-109(89,90)53(69,70)71)11-17-39(45)41-19-13-35(103-111(93,94)55(75,76)77)25-47(41)48-26-36(104-112(95,96)56(78,79)80)14-20-42(48)40-18-12-34(102-110(91,92)54(72,73)74)24-46(40)44-22-32(100-108(87,88)52(66,67)68)10-16-38(44)28-3-7-30(8-4-28)98-106(83,84)50(60,61)62/h1-26H. The van der Waals surface area contributed by atoms with Crippen molar-refractivity contribution in [3.8, 4) is 124 Å². The summed E-state index contributed by atoms with van der Waals surface area (Å²) >= 11 is 0. The second kappa shape index (κ2) is 29.2. The maximum Gasteiger partial charge on any atom is 0.534 e. The van der Waals surface area contributed by atoms with Crippen molar-refractivity contribution < 1.29 is 206 Å². The van der Waals surface area contributed by atoms with Crippen molar-refractivity contribution in [2.45, 2.75) is 44.1 Å². The van der Waals surface area contributed by atoms with Gasteiger partial charge in [-0.15, -0.1) is 0 Å². The number of hydrogen-bond acceptors (Lipinski definition) is 24. The van der Waals surface area contributed by atoms with E-state index in [2.05, 4.69) is 33.5 Å². The van der Waals surface area contributed by atoms with Gasteiger partial charge in [0.25, 0.3) is 0 Å². The lowest BCUT2D eigenvalue weighted by atomic mass is 9.83. The zero-order valence-electron chi connectivity index (χ0n) is 52.1. The van der Waals surface area contributed by atoms with Crippen LogP contribution >= 0.6 is 0 Å². The molecule has 0 aliphatic heterocycles. The van der Waals surface area contributed by atoms with Gasteiger partial charge in [0.15, 0.2) is 0 Å². The molecule has 0 atom stereocenters. The second-order valence-electron chi connectivity index (χ2n) is 21.2. The first-order chi connectivity index (χ1) is 50.5. The normalized spacial score (nSPS) is 13.8. The third-order valence-electron chi connectivity index (χ3n) is 13.6. The topological polar surface area (TPSA) is 347 Å². The largest absolute Gasteiger partial charge is 0.534 e. The molecule has 610 valence electrons. The Balaban J connectivity index is 1.62. The van der Waals surface area contributed by atoms with Crippen molar-refractivity contribution in [2.75, 3.05) is 0 Å². The first kappa shape index (κ1) is 87.7. The predicted octanol–water partition coefficient (Wildman–Crippen LogP) is 15.2. The summed E-state index contributed by atoms with van der Waals surface area (Å²) in [5.41, 5.74) is -67.4. The van der Waals surface area contributed by atoms with Gasteiger partial charge >= 0.3 is 125 Å². The number of halogens is 24. The Kier molecular flexibility index (Phi) is 22.9. The van der Waals surface area contributed by atoms with Crippen LogP contribution in [0.5, 0.6) is 46.0 Å². The van der Waals surface area contributed by atoms with E-state index in [4.69, 9.17) is 0 Å². The third-order valence-corrected chi connectivity index (χ3v) is 21.5. The van der Waals surface area contributed by atoms with E-state index in [-0.39, 0.29) is 97.1 Å².